The number of hydroxylamine groups is 1. The zero-order chi connectivity index (χ0) is 7.56. The molecule has 0 saturated carbocycles. The van der Waals surface area contributed by atoms with Crippen molar-refractivity contribution in [3.63, 3.8) is 0 Å². The summed E-state index contributed by atoms with van der Waals surface area (Å²) < 4.78 is 4.86. The van der Waals surface area contributed by atoms with Crippen LogP contribution in [0.3, 0.4) is 0 Å². The molecular formula is C6H10N2O2. The van der Waals surface area contributed by atoms with E-state index in [-0.39, 0.29) is 0 Å². The Morgan fingerprint density at radius 2 is 2.30 bits per heavy atom. The summed E-state index contributed by atoms with van der Waals surface area (Å²) in [4.78, 5) is 0. The van der Waals surface area contributed by atoms with E-state index in [1.54, 1.807) is 0 Å². The minimum absolute atomic E-state index is 0.312. The summed E-state index contributed by atoms with van der Waals surface area (Å²) in [5.74, 6) is 0.681. The molecule has 0 aliphatic heterocycles. The highest BCUT2D eigenvalue weighted by Crippen LogP contribution is 2.10. The average molecular weight is 142 g/mol. The van der Waals surface area contributed by atoms with Crippen LogP contribution in [0.2, 0.25) is 0 Å². The molecule has 0 aliphatic carbocycles. The van der Waals surface area contributed by atoms with Gasteiger partial charge in [0, 0.05) is 5.56 Å². The molecule has 0 aromatic carbocycles. The molecule has 0 fully saturated rings. The van der Waals surface area contributed by atoms with E-state index in [9.17, 15) is 0 Å². The molecule has 0 aliphatic rings. The van der Waals surface area contributed by atoms with E-state index in [1.807, 2.05) is 19.3 Å². The molecule has 0 saturated heterocycles. The number of rotatable bonds is 2. The maximum Gasteiger partial charge on any atom is 0.155 e. The molecule has 0 atom stereocenters. The minimum atomic E-state index is 0.312. The highest BCUT2D eigenvalue weighted by Gasteiger charge is 2.05. The first-order valence-electron chi connectivity index (χ1n) is 3.04. The standard InChI is InChI=1S/C6H10N2O2/c1-4-5(2)8-10-6(4)3-7-9/h7,9H,3H2,1-2H3. The van der Waals surface area contributed by atoms with E-state index < -0.39 is 0 Å². The number of aromatic nitrogens is 1. The van der Waals surface area contributed by atoms with Crippen molar-refractivity contribution >= 4 is 0 Å². The van der Waals surface area contributed by atoms with Gasteiger partial charge in [-0.3, -0.25) is 0 Å². The van der Waals surface area contributed by atoms with E-state index in [4.69, 9.17) is 9.73 Å². The number of aryl methyl sites for hydroxylation is 1. The van der Waals surface area contributed by atoms with Crippen LogP contribution < -0.4 is 5.48 Å². The van der Waals surface area contributed by atoms with Crippen molar-refractivity contribution in [1.82, 2.24) is 10.6 Å². The van der Waals surface area contributed by atoms with Crippen LogP contribution in [0.1, 0.15) is 17.0 Å². The molecule has 10 heavy (non-hydrogen) atoms. The lowest BCUT2D eigenvalue weighted by molar-refractivity contribution is 0.149. The van der Waals surface area contributed by atoms with Gasteiger partial charge in [0.1, 0.15) is 0 Å². The number of hydrogen-bond donors (Lipinski definition) is 2. The normalized spacial score (nSPS) is 10.3. The van der Waals surface area contributed by atoms with Crippen LogP contribution in [0, 0.1) is 13.8 Å². The fourth-order valence-corrected chi connectivity index (χ4v) is 0.699. The van der Waals surface area contributed by atoms with Gasteiger partial charge >= 0.3 is 0 Å². The van der Waals surface area contributed by atoms with Gasteiger partial charge in [-0.2, -0.15) is 5.48 Å². The molecule has 1 heterocycles. The highest BCUT2D eigenvalue weighted by molar-refractivity contribution is 5.18. The second-order valence-corrected chi connectivity index (χ2v) is 2.15. The maximum atomic E-state index is 8.32. The Bertz CT molecular complexity index is 220. The zero-order valence-corrected chi connectivity index (χ0v) is 6.01. The van der Waals surface area contributed by atoms with Crippen molar-refractivity contribution in [2.24, 2.45) is 0 Å². The van der Waals surface area contributed by atoms with Gasteiger partial charge in [0.2, 0.25) is 0 Å². The Morgan fingerprint density at radius 1 is 1.60 bits per heavy atom. The largest absolute Gasteiger partial charge is 0.359 e. The van der Waals surface area contributed by atoms with E-state index in [1.165, 1.54) is 0 Å². The second-order valence-electron chi connectivity index (χ2n) is 2.15. The van der Waals surface area contributed by atoms with Crippen LogP contribution in [-0.2, 0) is 6.54 Å². The lowest BCUT2D eigenvalue weighted by Gasteiger charge is -1.91. The van der Waals surface area contributed by atoms with Gasteiger partial charge in [-0.25, -0.2) is 0 Å². The van der Waals surface area contributed by atoms with Gasteiger partial charge in [0.15, 0.2) is 5.76 Å². The van der Waals surface area contributed by atoms with Crippen LogP contribution in [0.25, 0.3) is 0 Å². The van der Waals surface area contributed by atoms with Gasteiger partial charge in [-0.05, 0) is 13.8 Å². The number of nitrogens with zero attached hydrogens (tertiary/aromatic N) is 1. The predicted molar refractivity (Wildman–Crippen MR) is 34.6 cm³/mol. The Labute approximate surface area is 58.8 Å². The van der Waals surface area contributed by atoms with Gasteiger partial charge in [0.25, 0.3) is 0 Å². The average Bonchev–Trinajstić information content (AvgIpc) is 2.20. The number of hydrogen-bond acceptors (Lipinski definition) is 4. The second kappa shape index (κ2) is 2.81. The van der Waals surface area contributed by atoms with E-state index in [0.717, 1.165) is 11.3 Å². The minimum Gasteiger partial charge on any atom is -0.359 e. The number of nitrogens with one attached hydrogen (secondary N) is 1. The SMILES string of the molecule is Cc1noc(CNO)c1C. The van der Waals surface area contributed by atoms with Crippen molar-refractivity contribution in [3.05, 3.63) is 17.0 Å². The Balaban J connectivity index is 2.83. The fourth-order valence-electron chi connectivity index (χ4n) is 0.699. The summed E-state index contributed by atoms with van der Waals surface area (Å²) in [6, 6.07) is 0. The molecule has 0 bridgehead atoms. The molecule has 0 amide bonds. The summed E-state index contributed by atoms with van der Waals surface area (Å²) in [5.41, 5.74) is 3.86. The molecule has 0 spiro atoms. The molecule has 1 aromatic rings. The summed E-state index contributed by atoms with van der Waals surface area (Å²) >= 11 is 0. The first kappa shape index (κ1) is 7.24. The molecule has 2 N–H and O–H groups in total. The maximum absolute atomic E-state index is 8.32. The van der Waals surface area contributed by atoms with Crippen LogP contribution in [0.4, 0.5) is 0 Å². The molecular weight excluding hydrogens is 132 g/mol. The summed E-state index contributed by atoms with van der Waals surface area (Å²) in [7, 11) is 0. The van der Waals surface area contributed by atoms with Gasteiger partial charge in [-0.1, -0.05) is 5.16 Å². The van der Waals surface area contributed by atoms with Crippen LogP contribution >= 0.6 is 0 Å². The molecule has 0 unspecified atom stereocenters. The summed E-state index contributed by atoms with van der Waals surface area (Å²) in [6.07, 6.45) is 0. The molecule has 4 nitrogen and oxygen atoms in total. The third-order valence-electron chi connectivity index (χ3n) is 1.49. The lowest BCUT2D eigenvalue weighted by atomic mass is 10.2. The molecule has 1 rings (SSSR count). The summed E-state index contributed by atoms with van der Waals surface area (Å²) in [5, 5.41) is 12.0. The Morgan fingerprint density at radius 3 is 2.70 bits per heavy atom. The topological polar surface area (TPSA) is 58.3 Å². The monoisotopic (exact) mass is 142 g/mol. The van der Waals surface area contributed by atoms with E-state index in [0.29, 0.717) is 12.3 Å². The molecule has 56 valence electrons. The Kier molecular flexibility index (Phi) is 2.03. The molecule has 0 radical (unpaired) electrons. The highest BCUT2D eigenvalue weighted by atomic mass is 16.5. The van der Waals surface area contributed by atoms with Crippen molar-refractivity contribution < 1.29 is 9.73 Å². The van der Waals surface area contributed by atoms with Gasteiger partial charge in [0.05, 0.1) is 12.2 Å². The van der Waals surface area contributed by atoms with Crippen LogP contribution in [-0.4, -0.2) is 10.4 Å². The Hall–Kier alpha value is -0.870. The van der Waals surface area contributed by atoms with E-state index >= 15 is 0 Å². The quantitative estimate of drug-likeness (QED) is 0.599. The van der Waals surface area contributed by atoms with Gasteiger partial charge in [-0.15, -0.1) is 0 Å². The van der Waals surface area contributed by atoms with Crippen molar-refractivity contribution in [3.8, 4) is 0 Å². The smallest absolute Gasteiger partial charge is 0.155 e. The van der Waals surface area contributed by atoms with Gasteiger partial charge < -0.3 is 9.73 Å². The van der Waals surface area contributed by atoms with Crippen LogP contribution in [0.15, 0.2) is 4.52 Å². The summed E-state index contributed by atoms with van der Waals surface area (Å²) in [6.45, 7) is 4.07. The third-order valence-corrected chi connectivity index (χ3v) is 1.49. The molecule has 1 aromatic heterocycles. The van der Waals surface area contributed by atoms with Crippen LogP contribution in [0.5, 0.6) is 0 Å². The fraction of sp³-hybridized carbons (Fsp3) is 0.500. The van der Waals surface area contributed by atoms with Crippen molar-refractivity contribution in [1.29, 1.82) is 0 Å². The third kappa shape index (κ3) is 1.17. The van der Waals surface area contributed by atoms with Crippen molar-refractivity contribution in [2.45, 2.75) is 20.4 Å². The predicted octanol–water partition coefficient (Wildman–Crippen LogP) is 0.770. The van der Waals surface area contributed by atoms with E-state index in [2.05, 4.69) is 5.16 Å². The lowest BCUT2D eigenvalue weighted by Crippen LogP contribution is -2.05. The first-order chi connectivity index (χ1) is 4.75. The first-order valence-corrected chi connectivity index (χ1v) is 3.04. The molecule has 4 heteroatoms. The zero-order valence-electron chi connectivity index (χ0n) is 6.01. The van der Waals surface area contributed by atoms with Crippen molar-refractivity contribution in [2.75, 3.05) is 0 Å².